The van der Waals surface area contributed by atoms with Crippen molar-refractivity contribution in [3.05, 3.63) is 47.4 Å². The van der Waals surface area contributed by atoms with Crippen LogP contribution in [0.2, 0.25) is 0 Å². The van der Waals surface area contributed by atoms with Gasteiger partial charge in [-0.15, -0.1) is 0 Å². The van der Waals surface area contributed by atoms with Crippen LogP contribution in [-0.4, -0.2) is 36.1 Å². The van der Waals surface area contributed by atoms with Crippen molar-refractivity contribution in [3.63, 3.8) is 0 Å². The minimum atomic E-state index is -0.230. The molecule has 0 spiro atoms. The first kappa shape index (κ1) is 16.9. The lowest BCUT2D eigenvalue weighted by atomic mass is 10.1. The number of amides is 1. The van der Waals surface area contributed by atoms with Crippen molar-refractivity contribution in [3.8, 4) is 0 Å². The highest BCUT2D eigenvalue weighted by atomic mass is 16.5. The third kappa shape index (κ3) is 5.03. The van der Waals surface area contributed by atoms with Crippen molar-refractivity contribution < 1.29 is 9.53 Å². The first-order chi connectivity index (χ1) is 11.1. The second-order valence-electron chi connectivity index (χ2n) is 5.33. The molecule has 122 valence electrons. The largest absolute Gasteiger partial charge is 0.385 e. The van der Waals surface area contributed by atoms with Crippen LogP contribution >= 0.6 is 0 Å². The van der Waals surface area contributed by atoms with Crippen molar-refractivity contribution in [2.24, 2.45) is 0 Å². The first-order valence-corrected chi connectivity index (χ1v) is 7.53. The van der Waals surface area contributed by atoms with E-state index in [0.717, 1.165) is 17.7 Å². The summed E-state index contributed by atoms with van der Waals surface area (Å²) in [4.78, 5) is 20.3. The van der Waals surface area contributed by atoms with E-state index < -0.39 is 0 Å². The molecule has 2 rings (SSSR count). The van der Waals surface area contributed by atoms with Crippen molar-refractivity contribution >= 4 is 17.4 Å². The molecule has 23 heavy (non-hydrogen) atoms. The molecule has 0 atom stereocenters. The molecule has 1 amide bonds. The molecule has 1 aromatic heterocycles. The Morgan fingerprint density at radius 1 is 1.22 bits per heavy atom. The summed E-state index contributed by atoms with van der Waals surface area (Å²) in [6, 6.07) is 6.13. The fourth-order valence-corrected chi connectivity index (χ4v) is 2.11. The highest BCUT2D eigenvalue weighted by Gasteiger charge is 2.08. The third-order valence-electron chi connectivity index (χ3n) is 3.34. The monoisotopic (exact) mass is 314 g/mol. The number of benzene rings is 1. The van der Waals surface area contributed by atoms with E-state index in [1.54, 1.807) is 13.3 Å². The van der Waals surface area contributed by atoms with Gasteiger partial charge in [-0.05, 0) is 31.9 Å². The summed E-state index contributed by atoms with van der Waals surface area (Å²) in [6.07, 6.45) is 3.79. The van der Waals surface area contributed by atoms with Gasteiger partial charge in [0.25, 0.3) is 5.91 Å². The van der Waals surface area contributed by atoms with Gasteiger partial charge in [0.2, 0.25) is 0 Å². The van der Waals surface area contributed by atoms with Crippen LogP contribution in [0.1, 0.15) is 28.0 Å². The van der Waals surface area contributed by atoms with Crippen molar-refractivity contribution in [1.29, 1.82) is 0 Å². The standard InChI is InChI=1S/C17H22N4O2/c1-12-5-6-14(13(2)9-12)21-16-11-19-15(10-20-16)17(22)18-7-4-8-23-3/h5-6,9-11H,4,7-8H2,1-3H3,(H,18,22)(H,20,21). The Bertz CT molecular complexity index is 656. The zero-order valence-corrected chi connectivity index (χ0v) is 13.7. The maximum Gasteiger partial charge on any atom is 0.271 e. The number of hydrogen-bond acceptors (Lipinski definition) is 5. The Balaban J connectivity index is 1.95. The summed E-state index contributed by atoms with van der Waals surface area (Å²) in [6.45, 7) is 5.25. The number of rotatable bonds is 7. The molecule has 1 heterocycles. The summed E-state index contributed by atoms with van der Waals surface area (Å²) in [5, 5.41) is 5.98. The smallest absolute Gasteiger partial charge is 0.271 e. The number of ether oxygens (including phenoxy) is 1. The molecule has 0 aliphatic carbocycles. The Morgan fingerprint density at radius 3 is 2.70 bits per heavy atom. The molecule has 0 saturated heterocycles. The fraction of sp³-hybridized carbons (Fsp3) is 0.353. The second-order valence-corrected chi connectivity index (χ2v) is 5.33. The SMILES string of the molecule is COCCCNC(=O)c1cnc(Nc2ccc(C)cc2C)cn1. The van der Waals surface area contributed by atoms with Crippen LogP contribution in [0.5, 0.6) is 0 Å². The number of aromatic nitrogens is 2. The number of aryl methyl sites for hydroxylation is 2. The molecular weight excluding hydrogens is 292 g/mol. The Labute approximate surface area is 136 Å². The summed E-state index contributed by atoms with van der Waals surface area (Å²) in [5.41, 5.74) is 3.61. The van der Waals surface area contributed by atoms with Crippen LogP contribution in [0.25, 0.3) is 0 Å². The molecule has 0 aliphatic rings. The summed E-state index contributed by atoms with van der Waals surface area (Å²) >= 11 is 0. The zero-order chi connectivity index (χ0) is 16.7. The van der Waals surface area contributed by atoms with E-state index >= 15 is 0 Å². The normalized spacial score (nSPS) is 10.4. The van der Waals surface area contributed by atoms with Crippen LogP contribution in [0.15, 0.2) is 30.6 Å². The van der Waals surface area contributed by atoms with Crippen molar-refractivity contribution in [2.75, 3.05) is 25.6 Å². The van der Waals surface area contributed by atoms with Gasteiger partial charge < -0.3 is 15.4 Å². The van der Waals surface area contributed by atoms with Crippen LogP contribution in [0.3, 0.4) is 0 Å². The first-order valence-electron chi connectivity index (χ1n) is 7.53. The van der Waals surface area contributed by atoms with Gasteiger partial charge in [-0.2, -0.15) is 0 Å². The van der Waals surface area contributed by atoms with E-state index in [0.29, 0.717) is 24.7 Å². The van der Waals surface area contributed by atoms with Gasteiger partial charge in [-0.1, -0.05) is 17.7 Å². The maximum absolute atomic E-state index is 11.9. The number of carbonyl (C=O) groups excluding carboxylic acids is 1. The number of nitrogens with one attached hydrogen (secondary N) is 2. The van der Waals surface area contributed by atoms with Crippen LogP contribution in [0, 0.1) is 13.8 Å². The molecule has 0 radical (unpaired) electrons. The topological polar surface area (TPSA) is 76.1 Å². The van der Waals surface area contributed by atoms with Crippen LogP contribution in [-0.2, 0) is 4.74 Å². The quantitative estimate of drug-likeness (QED) is 0.768. The lowest BCUT2D eigenvalue weighted by Gasteiger charge is -2.09. The predicted octanol–water partition coefficient (Wildman–Crippen LogP) is 2.60. The molecule has 0 unspecified atom stereocenters. The number of methoxy groups -OCH3 is 1. The predicted molar refractivity (Wildman–Crippen MR) is 90.1 cm³/mol. The molecule has 0 aliphatic heterocycles. The highest BCUT2D eigenvalue weighted by Crippen LogP contribution is 2.19. The number of carbonyl (C=O) groups is 1. The van der Waals surface area contributed by atoms with E-state index in [2.05, 4.69) is 33.6 Å². The van der Waals surface area contributed by atoms with Gasteiger partial charge in [-0.25, -0.2) is 9.97 Å². The minimum Gasteiger partial charge on any atom is -0.385 e. The van der Waals surface area contributed by atoms with E-state index in [-0.39, 0.29) is 5.91 Å². The van der Waals surface area contributed by atoms with Gasteiger partial charge in [-0.3, -0.25) is 4.79 Å². The van der Waals surface area contributed by atoms with Crippen LogP contribution in [0.4, 0.5) is 11.5 Å². The highest BCUT2D eigenvalue weighted by molar-refractivity contribution is 5.92. The zero-order valence-electron chi connectivity index (χ0n) is 13.7. The van der Waals surface area contributed by atoms with E-state index in [1.165, 1.54) is 11.8 Å². The molecule has 6 heteroatoms. The molecule has 0 saturated carbocycles. The molecule has 0 bridgehead atoms. The van der Waals surface area contributed by atoms with Crippen molar-refractivity contribution in [2.45, 2.75) is 20.3 Å². The number of anilines is 2. The van der Waals surface area contributed by atoms with Gasteiger partial charge in [0.1, 0.15) is 11.5 Å². The van der Waals surface area contributed by atoms with E-state index in [1.807, 2.05) is 19.1 Å². The minimum absolute atomic E-state index is 0.230. The molecule has 0 fully saturated rings. The molecule has 1 aromatic carbocycles. The number of hydrogen-bond donors (Lipinski definition) is 2. The summed E-state index contributed by atoms with van der Waals surface area (Å²) < 4.78 is 4.93. The van der Waals surface area contributed by atoms with Gasteiger partial charge in [0, 0.05) is 25.9 Å². The van der Waals surface area contributed by atoms with E-state index in [4.69, 9.17) is 4.74 Å². The summed E-state index contributed by atoms with van der Waals surface area (Å²) in [5.74, 6) is 0.375. The molecule has 2 N–H and O–H groups in total. The van der Waals surface area contributed by atoms with Crippen LogP contribution < -0.4 is 10.6 Å². The van der Waals surface area contributed by atoms with E-state index in [9.17, 15) is 4.79 Å². The maximum atomic E-state index is 11.9. The second kappa shape index (κ2) is 8.24. The Morgan fingerprint density at radius 2 is 2.04 bits per heavy atom. The number of nitrogens with zero attached hydrogens (tertiary/aromatic N) is 2. The van der Waals surface area contributed by atoms with Gasteiger partial charge in [0.15, 0.2) is 0 Å². The molecular formula is C17H22N4O2. The Kier molecular flexibility index (Phi) is 6.05. The third-order valence-corrected chi connectivity index (χ3v) is 3.34. The summed E-state index contributed by atoms with van der Waals surface area (Å²) in [7, 11) is 1.63. The lowest BCUT2D eigenvalue weighted by molar-refractivity contribution is 0.0943. The fourth-order valence-electron chi connectivity index (χ4n) is 2.11. The molecule has 6 nitrogen and oxygen atoms in total. The Hall–Kier alpha value is -2.47. The molecule has 2 aromatic rings. The van der Waals surface area contributed by atoms with Gasteiger partial charge in [0.05, 0.1) is 12.4 Å². The lowest BCUT2D eigenvalue weighted by Crippen LogP contribution is -2.26. The average molecular weight is 314 g/mol. The van der Waals surface area contributed by atoms with Crippen molar-refractivity contribution in [1.82, 2.24) is 15.3 Å². The van der Waals surface area contributed by atoms with Gasteiger partial charge >= 0.3 is 0 Å². The average Bonchev–Trinajstić information content (AvgIpc) is 2.55.